The molecule has 0 amide bonds. The highest BCUT2D eigenvalue weighted by Crippen LogP contribution is 2.31. The van der Waals surface area contributed by atoms with Gasteiger partial charge in [-0.1, -0.05) is 18.2 Å². The molecule has 0 aliphatic carbocycles. The largest absolute Gasteiger partial charge is 0.478 e. The van der Waals surface area contributed by atoms with Gasteiger partial charge in [0.25, 0.3) is 0 Å². The average Bonchev–Trinajstić information content (AvgIpc) is 2.69. The number of benzene rings is 1. The Kier molecular flexibility index (Phi) is 3.37. The number of anilines is 2. The lowest BCUT2D eigenvalue weighted by molar-refractivity contribution is 0.0697. The van der Waals surface area contributed by atoms with Crippen molar-refractivity contribution in [2.45, 2.75) is 19.3 Å². The molecular formula is C16H16N2O2. The molecule has 3 rings (SSSR count). The van der Waals surface area contributed by atoms with E-state index in [1.54, 1.807) is 12.3 Å². The van der Waals surface area contributed by atoms with Gasteiger partial charge in [-0.05, 0) is 43.0 Å². The van der Waals surface area contributed by atoms with Gasteiger partial charge in [0.05, 0.1) is 5.56 Å². The third-order valence-electron chi connectivity index (χ3n) is 3.63. The summed E-state index contributed by atoms with van der Waals surface area (Å²) in [5, 5.41) is 9.11. The van der Waals surface area contributed by atoms with Crippen molar-refractivity contribution in [1.29, 1.82) is 0 Å². The van der Waals surface area contributed by atoms with E-state index in [2.05, 4.69) is 22.0 Å². The highest BCUT2D eigenvalue weighted by atomic mass is 16.4. The van der Waals surface area contributed by atoms with Gasteiger partial charge in [0, 0.05) is 18.4 Å². The second-order valence-electron chi connectivity index (χ2n) is 4.95. The molecule has 0 saturated carbocycles. The smallest absolute Gasteiger partial charge is 0.335 e. The first kappa shape index (κ1) is 12.7. The van der Waals surface area contributed by atoms with Gasteiger partial charge in [0.1, 0.15) is 5.82 Å². The van der Waals surface area contributed by atoms with E-state index in [-0.39, 0.29) is 5.56 Å². The molecule has 0 fully saturated rings. The molecule has 1 aliphatic heterocycles. The summed E-state index contributed by atoms with van der Waals surface area (Å²) in [6, 6.07) is 11.4. The summed E-state index contributed by atoms with van der Waals surface area (Å²) in [4.78, 5) is 17.6. The lowest BCUT2D eigenvalue weighted by Gasteiger charge is -2.24. The number of fused-ring (bicyclic) bond motifs is 1. The molecule has 2 aromatic rings. The maximum Gasteiger partial charge on any atom is 0.335 e. The molecule has 1 aromatic heterocycles. The Hall–Kier alpha value is -2.36. The molecule has 1 aliphatic rings. The van der Waals surface area contributed by atoms with Crippen LogP contribution in [0.25, 0.3) is 0 Å². The van der Waals surface area contributed by atoms with Crippen LogP contribution in [0, 0.1) is 0 Å². The molecule has 2 heterocycles. The quantitative estimate of drug-likeness (QED) is 0.908. The number of carboxylic acids is 1. The summed E-state index contributed by atoms with van der Waals surface area (Å²) >= 11 is 0. The van der Waals surface area contributed by atoms with Crippen LogP contribution in [0.3, 0.4) is 0 Å². The Bertz CT molecular complexity index is 640. The van der Waals surface area contributed by atoms with Crippen LogP contribution in [-0.2, 0) is 6.42 Å². The fourth-order valence-corrected chi connectivity index (χ4v) is 2.63. The number of pyridine rings is 1. The van der Waals surface area contributed by atoms with E-state index < -0.39 is 5.97 Å². The third kappa shape index (κ3) is 2.37. The van der Waals surface area contributed by atoms with Crippen molar-refractivity contribution in [3.8, 4) is 0 Å². The highest BCUT2D eigenvalue weighted by molar-refractivity contribution is 5.88. The molecule has 0 radical (unpaired) electrons. The van der Waals surface area contributed by atoms with E-state index in [0.717, 1.165) is 31.5 Å². The van der Waals surface area contributed by atoms with E-state index in [9.17, 15) is 4.79 Å². The fraction of sp³-hybridized carbons (Fsp3) is 0.250. The lowest BCUT2D eigenvalue weighted by atomic mass is 10.1. The summed E-state index contributed by atoms with van der Waals surface area (Å²) in [6.07, 6.45) is 4.84. The number of hydrogen-bond acceptors (Lipinski definition) is 3. The van der Waals surface area contributed by atoms with Gasteiger partial charge in [-0.25, -0.2) is 9.78 Å². The number of para-hydroxylation sites is 1. The summed E-state index contributed by atoms with van der Waals surface area (Å²) in [7, 11) is 0. The first-order chi connectivity index (χ1) is 9.75. The summed E-state index contributed by atoms with van der Waals surface area (Å²) in [5.74, 6) is -0.212. The predicted molar refractivity (Wildman–Crippen MR) is 77.6 cm³/mol. The molecule has 0 bridgehead atoms. The van der Waals surface area contributed by atoms with Crippen LogP contribution >= 0.6 is 0 Å². The zero-order chi connectivity index (χ0) is 13.9. The van der Waals surface area contributed by atoms with E-state index >= 15 is 0 Å². The molecule has 0 unspecified atom stereocenters. The lowest BCUT2D eigenvalue weighted by Crippen LogP contribution is -2.19. The van der Waals surface area contributed by atoms with E-state index in [1.165, 1.54) is 11.6 Å². The van der Waals surface area contributed by atoms with Crippen molar-refractivity contribution in [1.82, 2.24) is 4.98 Å². The molecule has 20 heavy (non-hydrogen) atoms. The van der Waals surface area contributed by atoms with Crippen molar-refractivity contribution in [3.05, 3.63) is 53.7 Å². The van der Waals surface area contributed by atoms with E-state index in [0.29, 0.717) is 5.82 Å². The maximum absolute atomic E-state index is 11.1. The van der Waals surface area contributed by atoms with E-state index in [1.807, 2.05) is 12.1 Å². The van der Waals surface area contributed by atoms with Gasteiger partial charge in [-0.15, -0.1) is 0 Å². The maximum atomic E-state index is 11.1. The minimum atomic E-state index is -0.920. The van der Waals surface area contributed by atoms with Crippen molar-refractivity contribution in [2.24, 2.45) is 0 Å². The number of aromatic carboxylic acids is 1. The first-order valence-electron chi connectivity index (χ1n) is 6.80. The highest BCUT2D eigenvalue weighted by Gasteiger charge is 2.18. The number of aryl methyl sites for hydroxylation is 1. The Morgan fingerprint density at radius 1 is 1.20 bits per heavy atom. The van der Waals surface area contributed by atoms with Crippen molar-refractivity contribution >= 4 is 17.5 Å². The van der Waals surface area contributed by atoms with Crippen LogP contribution in [0.4, 0.5) is 11.5 Å². The zero-order valence-corrected chi connectivity index (χ0v) is 11.1. The normalized spacial score (nSPS) is 14.5. The fourth-order valence-electron chi connectivity index (χ4n) is 2.63. The van der Waals surface area contributed by atoms with Crippen LogP contribution in [0.1, 0.15) is 28.8 Å². The van der Waals surface area contributed by atoms with Gasteiger partial charge in [-0.3, -0.25) is 0 Å². The molecule has 1 N–H and O–H groups in total. The first-order valence-corrected chi connectivity index (χ1v) is 6.80. The molecule has 0 spiro atoms. The molecule has 0 saturated heterocycles. The average molecular weight is 268 g/mol. The Morgan fingerprint density at radius 3 is 2.90 bits per heavy atom. The van der Waals surface area contributed by atoms with Crippen LogP contribution < -0.4 is 4.90 Å². The summed E-state index contributed by atoms with van der Waals surface area (Å²) in [5.41, 5.74) is 2.71. The van der Waals surface area contributed by atoms with Crippen LogP contribution in [0.2, 0.25) is 0 Å². The van der Waals surface area contributed by atoms with Crippen molar-refractivity contribution in [3.63, 3.8) is 0 Å². The SMILES string of the molecule is O=C(O)c1ccnc(N2CCCCc3ccccc32)c1. The molecule has 4 heteroatoms. The summed E-state index contributed by atoms with van der Waals surface area (Å²) in [6.45, 7) is 0.868. The molecular weight excluding hydrogens is 252 g/mol. The van der Waals surface area contributed by atoms with Crippen LogP contribution in [0.15, 0.2) is 42.6 Å². The molecule has 4 nitrogen and oxygen atoms in total. The van der Waals surface area contributed by atoms with Crippen molar-refractivity contribution in [2.75, 3.05) is 11.4 Å². The predicted octanol–water partition coefficient (Wildman–Crippen LogP) is 3.25. The van der Waals surface area contributed by atoms with Crippen LogP contribution in [-0.4, -0.2) is 22.6 Å². The zero-order valence-electron chi connectivity index (χ0n) is 11.1. The Morgan fingerprint density at radius 2 is 2.05 bits per heavy atom. The van der Waals surface area contributed by atoms with E-state index in [4.69, 9.17) is 5.11 Å². The standard InChI is InChI=1S/C16H16N2O2/c19-16(20)13-8-9-17-15(11-13)18-10-4-3-6-12-5-1-2-7-14(12)18/h1-2,5,7-9,11H,3-4,6,10H2,(H,19,20). The minimum Gasteiger partial charge on any atom is -0.478 e. The number of carbonyl (C=O) groups is 1. The van der Waals surface area contributed by atoms with Gasteiger partial charge in [0.15, 0.2) is 0 Å². The van der Waals surface area contributed by atoms with Gasteiger partial charge >= 0.3 is 5.97 Å². The topological polar surface area (TPSA) is 53.4 Å². The number of hydrogen-bond donors (Lipinski definition) is 1. The van der Waals surface area contributed by atoms with Gasteiger partial charge < -0.3 is 10.0 Å². The number of rotatable bonds is 2. The third-order valence-corrected chi connectivity index (χ3v) is 3.63. The Labute approximate surface area is 117 Å². The van der Waals surface area contributed by atoms with Gasteiger partial charge in [-0.2, -0.15) is 0 Å². The number of carboxylic acid groups (broad SMARTS) is 1. The number of nitrogens with zero attached hydrogens (tertiary/aromatic N) is 2. The number of aromatic nitrogens is 1. The Balaban J connectivity index is 2.05. The van der Waals surface area contributed by atoms with Crippen LogP contribution in [0.5, 0.6) is 0 Å². The molecule has 102 valence electrons. The van der Waals surface area contributed by atoms with Gasteiger partial charge in [0.2, 0.25) is 0 Å². The monoisotopic (exact) mass is 268 g/mol. The van der Waals surface area contributed by atoms with Crippen molar-refractivity contribution < 1.29 is 9.90 Å². The second-order valence-corrected chi connectivity index (χ2v) is 4.95. The minimum absolute atomic E-state index is 0.275. The molecule has 1 aromatic carbocycles. The summed E-state index contributed by atoms with van der Waals surface area (Å²) < 4.78 is 0. The second kappa shape index (κ2) is 5.33. The molecule has 0 atom stereocenters.